The molecular weight excluding hydrogens is 343 g/mol. The van der Waals surface area contributed by atoms with Crippen molar-refractivity contribution in [3.05, 3.63) is 27.3 Å². The van der Waals surface area contributed by atoms with Gasteiger partial charge in [-0.15, -0.1) is 0 Å². The molecule has 5 heteroatoms. The summed E-state index contributed by atoms with van der Waals surface area (Å²) in [6.07, 6.45) is 1.81. The predicted molar refractivity (Wildman–Crippen MR) is 78.8 cm³/mol. The van der Waals surface area contributed by atoms with E-state index in [-0.39, 0.29) is 17.2 Å². The van der Waals surface area contributed by atoms with Gasteiger partial charge in [0.2, 0.25) is 0 Å². The maximum Gasteiger partial charge on any atom is 0.255 e. The van der Waals surface area contributed by atoms with Crippen LogP contribution >= 0.6 is 22.6 Å². The molecule has 0 bridgehead atoms. The van der Waals surface area contributed by atoms with Gasteiger partial charge in [0.15, 0.2) is 0 Å². The van der Waals surface area contributed by atoms with E-state index in [9.17, 15) is 9.90 Å². The summed E-state index contributed by atoms with van der Waals surface area (Å²) in [7, 11) is 0. The van der Waals surface area contributed by atoms with Crippen LogP contribution < -0.4 is 10.6 Å². The molecule has 0 aromatic heterocycles. The first kappa shape index (κ1) is 13.6. The molecule has 0 spiro atoms. The van der Waals surface area contributed by atoms with Crippen molar-refractivity contribution in [2.75, 3.05) is 13.1 Å². The normalized spacial score (nSPS) is 18.3. The van der Waals surface area contributed by atoms with Gasteiger partial charge in [-0.3, -0.25) is 4.79 Å². The van der Waals surface area contributed by atoms with Gasteiger partial charge >= 0.3 is 0 Å². The fraction of sp³-hybridized carbons (Fsp3) is 0.462. The van der Waals surface area contributed by atoms with Crippen LogP contribution in [0.15, 0.2) is 18.2 Å². The van der Waals surface area contributed by atoms with Gasteiger partial charge in [-0.05, 0) is 73.6 Å². The number of hydrogen-bond acceptors (Lipinski definition) is 3. The van der Waals surface area contributed by atoms with E-state index < -0.39 is 0 Å². The Labute approximate surface area is 120 Å². The zero-order valence-electron chi connectivity index (χ0n) is 10.3. The third-order valence-electron chi connectivity index (χ3n) is 3.33. The number of halogens is 1. The first-order valence-corrected chi connectivity index (χ1v) is 7.10. The van der Waals surface area contributed by atoms with Gasteiger partial charge in [-0.2, -0.15) is 0 Å². The molecule has 1 aliphatic heterocycles. The van der Waals surface area contributed by atoms with Gasteiger partial charge in [-0.25, -0.2) is 0 Å². The number of carbonyl (C=O) groups is 1. The van der Waals surface area contributed by atoms with Gasteiger partial charge < -0.3 is 15.7 Å². The molecule has 2 rings (SSSR count). The zero-order valence-corrected chi connectivity index (χ0v) is 12.5. The Morgan fingerprint density at radius 3 is 2.78 bits per heavy atom. The minimum absolute atomic E-state index is 0.0328. The molecule has 0 unspecified atom stereocenters. The van der Waals surface area contributed by atoms with E-state index in [0.717, 1.165) is 29.5 Å². The van der Waals surface area contributed by atoms with Gasteiger partial charge in [0, 0.05) is 9.11 Å². The summed E-state index contributed by atoms with van der Waals surface area (Å²) in [5, 5.41) is 16.1. The highest BCUT2D eigenvalue weighted by atomic mass is 127. The molecule has 98 valence electrons. The molecule has 4 nitrogen and oxygen atoms in total. The second-order valence-electron chi connectivity index (χ2n) is 4.93. The number of benzene rings is 1. The van der Waals surface area contributed by atoms with Gasteiger partial charge in [0.05, 0.1) is 5.56 Å². The molecule has 3 N–H and O–H groups in total. The Bertz CT molecular complexity index is 456. The van der Waals surface area contributed by atoms with Crippen molar-refractivity contribution in [3.63, 3.8) is 0 Å². The largest absolute Gasteiger partial charge is 0.507 e. The van der Waals surface area contributed by atoms with Crippen molar-refractivity contribution in [2.45, 2.75) is 25.3 Å². The summed E-state index contributed by atoms with van der Waals surface area (Å²) in [6, 6.07) is 5.04. The van der Waals surface area contributed by atoms with E-state index in [1.54, 1.807) is 18.2 Å². The Balaban J connectivity index is 2.14. The van der Waals surface area contributed by atoms with E-state index in [1.807, 2.05) is 0 Å². The van der Waals surface area contributed by atoms with E-state index in [2.05, 4.69) is 40.1 Å². The second-order valence-corrected chi connectivity index (χ2v) is 6.17. The standard InChI is InChI=1S/C13H17IN2O2/c1-13(4-6-15-7-5-13)16-12(18)10-8-9(14)2-3-11(10)17/h2-3,8,15,17H,4-7H2,1H3,(H,16,18). The van der Waals surface area contributed by atoms with Crippen molar-refractivity contribution in [2.24, 2.45) is 0 Å². The van der Waals surface area contributed by atoms with E-state index in [4.69, 9.17) is 0 Å². The van der Waals surface area contributed by atoms with Crippen LogP contribution in [0.25, 0.3) is 0 Å². The van der Waals surface area contributed by atoms with E-state index in [1.165, 1.54) is 0 Å². The Hall–Kier alpha value is -0.820. The molecule has 1 aliphatic rings. The van der Waals surface area contributed by atoms with E-state index in [0.29, 0.717) is 5.56 Å². The molecule has 1 fully saturated rings. The molecule has 18 heavy (non-hydrogen) atoms. The number of rotatable bonds is 2. The number of piperidine rings is 1. The molecule has 1 saturated heterocycles. The SMILES string of the molecule is CC1(NC(=O)c2cc(I)ccc2O)CCNCC1. The Kier molecular flexibility index (Phi) is 4.11. The summed E-state index contributed by atoms with van der Waals surface area (Å²) < 4.78 is 0.936. The maximum atomic E-state index is 12.2. The number of phenolic OH excluding ortho intramolecular Hbond substituents is 1. The second kappa shape index (κ2) is 5.44. The zero-order chi connectivity index (χ0) is 13.2. The molecule has 0 atom stereocenters. The molecule has 1 heterocycles. The third-order valence-corrected chi connectivity index (χ3v) is 4.00. The maximum absolute atomic E-state index is 12.2. The lowest BCUT2D eigenvalue weighted by Gasteiger charge is -2.35. The summed E-state index contributed by atoms with van der Waals surface area (Å²) in [5.41, 5.74) is 0.164. The molecule has 0 saturated carbocycles. The van der Waals surface area contributed by atoms with Crippen molar-refractivity contribution in [1.82, 2.24) is 10.6 Å². The third kappa shape index (κ3) is 3.14. The Morgan fingerprint density at radius 2 is 2.11 bits per heavy atom. The Morgan fingerprint density at radius 1 is 1.44 bits per heavy atom. The number of aromatic hydroxyl groups is 1. The average molecular weight is 360 g/mol. The summed E-state index contributed by atoms with van der Waals surface area (Å²) in [4.78, 5) is 12.2. The topological polar surface area (TPSA) is 61.4 Å². The van der Waals surface area contributed by atoms with Crippen LogP contribution in [-0.2, 0) is 0 Å². The van der Waals surface area contributed by atoms with Crippen molar-refractivity contribution in [1.29, 1.82) is 0 Å². The molecule has 0 aliphatic carbocycles. The van der Waals surface area contributed by atoms with Crippen LogP contribution in [0.2, 0.25) is 0 Å². The highest BCUT2D eigenvalue weighted by molar-refractivity contribution is 14.1. The fourth-order valence-electron chi connectivity index (χ4n) is 2.14. The lowest BCUT2D eigenvalue weighted by molar-refractivity contribution is 0.0885. The van der Waals surface area contributed by atoms with Crippen LogP contribution in [0.1, 0.15) is 30.1 Å². The van der Waals surface area contributed by atoms with Gasteiger partial charge in [0.25, 0.3) is 5.91 Å². The van der Waals surface area contributed by atoms with Gasteiger partial charge in [-0.1, -0.05) is 0 Å². The van der Waals surface area contributed by atoms with Crippen LogP contribution in [0.3, 0.4) is 0 Å². The van der Waals surface area contributed by atoms with Crippen LogP contribution in [0, 0.1) is 3.57 Å². The number of carbonyl (C=O) groups excluding carboxylic acids is 1. The molecule has 0 radical (unpaired) electrons. The van der Waals surface area contributed by atoms with Crippen molar-refractivity contribution < 1.29 is 9.90 Å². The highest BCUT2D eigenvalue weighted by Crippen LogP contribution is 2.22. The monoisotopic (exact) mass is 360 g/mol. The number of nitrogens with one attached hydrogen (secondary N) is 2. The number of amides is 1. The van der Waals surface area contributed by atoms with Crippen LogP contribution in [0.4, 0.5) is 0 Å². The minimum atomic E-state index is -0.199. The van der Waals surface area contributed by atoms with Gasteiger partial charge in [0.1, 0.15) is 5.75 Å². The summed E-state index contributed by atoms with van der Waals surface area (Å²) >= 11 is 2.13. The first-order chi connectivity index (χ1) is 8.50. The van der Waals surface area contributed by atoms with Crippen molar-refractivity contribution in [3.8, 4) is 5.75 Å². The fourth-order valence-corrected chi connectivity index (χ4v) is 2.63. The summed E-state index contributed by atoms with van der Waals surface area (Å²) in [6.45, 7) is 3.88. The average Bonchev–Trinajstić information content (AvgIpc) is 2.32. The summed E-state index contributed by atoms with van der Waals surface area (Å²) in [5.74, 6) is -0.166. The molecule has 1 aromatic rings. The van der Waals surface area contributed by atoms with Crippen LogP contribution in [0.5, 0.6) is 5.75 Å². The van der Waals surface area contributed by atoms with Crippen molar-refractivity contribution >= 4 is 28.5 Å². The lowest BCUT2D eigenvalue weighted by atomic mass is 9.90. The smallest absolute Gasteiger partial charge is 0.255 e. The van der Waals surface area contributed by atoms with Crippen LogP contribution in [-0.4, -0.2) is 29.6 Å². The minimum Gasteiger partial charge on any atom is -0.507 e. The number of phenols is 1. The quantitative estimate of drug-likeness (QED) is 0.706. The van der Waals surface area contributed by atoms with E-state index >= 15 is 0 Å². The molecular formula is C13H17IN2O2. The molecule has 1 amide bonds. The number of hydrogen-bond donors (Lipinski definition) is 3. The highest BCUT2D eigenvalue weighted by Gasteiger charge is 2.29. The lowest BCUT2D eigenvalue weighted by Crippen LogP contribution is -2.52. The predicted octanol–water partition coefficient (Wildman–Crippen LogP) is 1.87. The molecule has 1 aromatic carbocycles. The first-order valence-electron chi connectivity index (χ1n) is 6.02.